The van der Waals surface area contributed by atoms with Gasteiger partial charge in [-0.05, 0) is 54.0 Å². The van der Waals surface area contributed by atoms with E-state index in [0.29, 0.717) is 58.0 Å². The number of nitrogens with zero attached hydrogens (tertiary/aromatic N) is 2. The first kappa shape index (κ1) is 16.7. The molecule has 0 aliphatic carbocycles. The average molecular weight is 401 g/mol. The number of rotatable bonds is 1. The molecule has 136 valence electrons. The molecule has 3 aromatic rings. The largest absolute Gasteiger partial charge is 0.486 e. The van der Waals surface area contributed by atoms with Crippen LogP contribution in [0.15, 0.2) is 35.1 Å². The Balaban J connectivity index is 1.63. The fourth-order valence-corrected chi connectivity index (χ4v) is 3.99. The highest BCUT2D eigenvalue weighted by molar-refractivity contribution is 6.32. The van der Waals surface area contributed by atoms with Crippen LogP contribution >= 0.6 is 23.2 Å². The summed E-state index contributed by atoms with van der Waals surface area (Å²) >= 11 is 12.4. The summed E-state index contributed by atoms with van der Waals surface area (Å²) in [6, 6.07) is 8.92. The fraction of sp³-hybridized carbons (Fsp3) is 0.200. The summed E-state index contributed by atoms with van der Waals surface area (Å²) in [5, 5.41) is 1.58. The molecule has 0 saturated carbocycles. The van der Waals surface area contributed by atoms with Gasteiger partial charge in [0.1, 0.15) is 19.0 Å². The van der Waals surface area contributed by atoms with Crippen LogP contribution in [0.5, 0.6) is 11.5 Å². The number of ether oxygens (including phenoxy) is 2. The first-order valence-corrected chi connectivity index (χ1v) is 9.36. The number of hydrogen-bond acceptors (Lipinski definition) is 4. The molecule has 0 N–H and O–H groups in total. The molecule has 1 aromatic heterocycles. The van der Waals surface area contributed by atoms with E-state index < -0.39 is 0 Å². The van der Waals surface area contributed by atoms with Crippen LogP contribution in [-0.2, 0) is 6.54 Å². The lowest BCUT2D eigenvalue weighted by Crippen LogP contribution is -2.20. The summed E-state index contributed by atoms with van der Waals surface area (Å²) < 4.78 is 12.9. The Labute approximate surface area is 164 Å². The van der Waals surface area contributed by atoms with Crippen molar-refractivity contribution in [3.8, 4) is 11.5 Å². The third kappa shape index (κ3) is 2.78. The molecular weight excluding hydrogens is 387 g/mol. The smallest absolute Gasteiger partial charge is 0.261 e. The van der Waals surface area contributed by atoms with E-state index in [1.807, 2.05) is 18.2 Å². The van der Waals surface area contributed by atoms with Gasteiger partial charge < -0.3 is 9.47 Å². The molecule has 2 aliphatic rings. The standard InChI is InChI=1S/C20H14Cl2N2O3/c21-13-1-2-16-14(10-13)20(25)24-4-3-12(19(24)23-16)7-11-8-15(22)18-17(9-11)26-5-6-27-18/h1-2,7-10H,3-6H2/b12-7+. The number of halogens is 2. The molecule has 2 aliphatic heterocycles. The maximum Gasteiger partial charge on any atom is 0.261 e. The molecular formula is C20H14Cl2N2O3. The summed E-state index contributed by atoms with van der Waals surface area (Å²) in [6.07, 6.45) is 2.72. The van der Waals surface area contributed by atoms with Gasteiger partial charge in [-0.1, -0.05) is 23.2 Å². The number of fused-ring (bicyclic) bond motifs is 3. The van der Waals surface area contributed by atoms with E-state index in [2.05, 4.69) is 0 Å². The van der Waals surface area contributed by atoms with Crippen LogP contribution in [0.1, 0.15) is 17.8 Å². The lowest BCUT2D eigenvalue weighted by Gasteiger charge is -2.19. The average Bonchev–Trinajstić information content (AvgIpc) is 3.05. The van der Waals surface area contributed by atoms with Crippen LogP contribution in [0.2, 0.25) is 10.0 Å². The van der Waals surface area contributed by atoms with Gasteiger partial charge in [-0.25, -0.2) is 4.98 Å². The van der Waals surface area contributed by atoms with Gasteiger partial charge in [0.25, 0.3) is 5.56 Å². The Morgan fingerprint density at radius 1 is 1.11 bits per heavy atom. The van der Waals surface area contributed by atoms with Gasteiger partial charge in [0, 0.05) is 11.6 Å². The topological polar surface area (TPSA) is 53.4 Å². The van der Waals surface area contributed by atoms with Gasteiger partial charge in [0.05, 0.1) is 15.9 Å². The molecule has 5 rings (SSSR count). The quantitative estimate of drug-likeness (QED) is 0.606. The predicted octanol–water partition coefficient (Wildman–Crippen LogP) is 4.42. The maximum absolute atomic E-state index is 12.8. The Kier molecular flexibility index (Phi) is 3.88. The van der Waals surface area contributed by atoms with Crippen molar-refractivity contribution in [3.05, 3.63) is 62.1 Å². The molecule has 0 bridgehead atoms. The molecule has 7 heteroatoms. The predicted molar refractivity (Wildman–Crippen MR) is 106 cm³/mol. The minimum atomic E-state index is -0.0684. The monoisotopic (exact) mass is 400 g/mol. The number of hydrogen-bond donors (Lipinski definition) is 0. The first-order chi connectivity index (χ1) is 13.1. The van der Waals surface area contributed by atoms with Crippen LogP contribution in [-0.4, -0.2) is 22.8 Å². The summed E-state index contributed by atoms with van der Waals surface area (Å²) in [6.45, 7) is 1.58. The summed E-state index contributed by atoms with van der Waals surface area (Å²) in [5.74, 6) is 1.90. The highest BCUT2D eigenvalue weighted by atomic mass is 35.5. The van der Waals surface area contributed by atoms with E-state index >= 15 is 0 Å². The molecule has 0 spiro atoms. The van der Waals surface area contributed by atoms with E-state index in [-0.39, 0.29) is 5.56 Å². The van der Waals surface area contributed by atoms with E-state index in [0.717, 1.165) is 17.6 Å². The highest BCUT2D eigenvalue weighted by Gasteiger charge is 2.22. The molecule has 3 heterocycles. The van der Waals surface area contributed by atoms with Crippen molar-refractivity contribution in [2.75, 3.05) is 13.2 Å². The van der Waals surface area contributed by atoms with Crippen LogP contribution in [0, 0.1) is 0 Å². The van der Waals surface area contributed by atoms with E-state index in [4.69, 9.17) is 37.7 Å². The zero-order valence-electron chi connectivity index (χ0n) is 14.2. The second kappa shape index (κ2) is 6.29. The van der Waals surface area contributed by atoms with Crippen LogP contribution in [0.3, 0.4) is 0 Å². The molecule has 5 nitrogen and oxygen atoms in total. The lowest BCUT2D eigenvalue weighted by molar-refractivity contribution is 0.171. The Hall–Kier alpha value is -2.50. The fourth-order valence-electron chi connectivity index (χ4n) is 3.54. The second-order valence-electron chi connectivity index (χ2n) is 6.50. The number of aromatic nitrogens is 2. The Morgan fingerprint density at radius 2 is 1.96 bits per heavy atom. The lowest BCUT2D eigenvalue weighted by atomic mass is 10.1. The SMILES string of the molecule is O=c1c2cc(Cl)ccc2nc2n1CC/C2=C\c1cc(Cl)c2c(c1)OCCO2. The summed E-state index contributed by atoms with van der Waals surface area (Å²) in [7, 11) is 0. The van der Waals surface area contributed by atoms with Gasteiger partial charge in [-0.2, -0.15) is 0 Å². The van der Waals surface area contributed by atoms with Gasteiger partial charge in [-0.15, -0.1) is 0 Å². The van der Waals surface area contributed by atoms with Gasteiger partial charge in [0.2, 0.25) is 0 Å². The maximum atomic E-state index is 12.8. The Bertz CT molecular complexity index is 1180. The van der Waals surface area contributed by atoms with E-state index in [1.54, 1.807) is 22.8 Å². The third-order valence-electron chi connectivity index (χ3n) is 4.77. The molecule has 0 amide bonds. The molecule has 0 radical (unpaired) electrons. The van der Waals surface area contributed by atoms with Gasteiger partial charge in [0.15, 0.2) is 11.5 Å². The van der Waals surface area contributed by atoms with Crippen LogP contribution in [0.25, 0.3) is 22.6 Å². The van der Waals surface area contributed by atoms with Crippen molar-refractivity contribution < 1.29 is 9.47 Å². The molecule has 0 fully saturated rings. The van der Waals surface area contributed by atoms with Crippen molar-refractivity contribution in [1.82, 2.24) is 9.55 Å². The van der Waals surface area contributed by atoms with E-state index in [1.165, 1.54) is 0 Å². The van der Waals surface area contributed by atoms with Crippen molar-refractivity contribution >= 4 is 45.8 Å². The van der Waals surface area contributed by atoms with Crippen LogP contribution in [0.4, 0.5) is 0 Å². The van der Waals surface area contributed by atoms with Crippen molar-refractivity contribution in [1.29, 1.82) is 0 Å². The normalized spacial score (nSPS) is 16.7. The van der Waals surface area contributed by atoms with Crippen molar-refractivity contribution in [2.45, 2.75) is 13.0 Å². The minimum absolute atomic E-state index is 0.0684. The molecule has 27 heavy (non-hydrogen) atoms. The molecule has 0 atom stereocenters. The van der Waals surface area contributed by atoms with Crippen LogP contribution < -0.4 is 15.0 Å². The highest BCUT2D eigenvalue weighted by Crippen LogP contribution is 2.39. The Morgan fingerprint density at radius 3 is 2.85 bits per heavy atom. The van der Waals surface area contributed by atoms with Gasteiger partial charge in [-0.3, -0.25) is 9.36 Å². The molecule has 2 aromatic carbocycles. The number of allylic oxidation sites excluding steroid dienone is 1. The third-order valence-corrected chi connectivity index (χ3v) is 5.28. The van der Waals surface area contributed by atoms with E-state index in [9.17, 15) is 4.79 Å². The van der Waals surface area contributed by atoms with Gasteiger partial charge >= 0.3 is 0 Å². The summed E-state index contributed by atoms with van der Waals surface area (Å²) in [4.78, 5) is 17.5. The zero-order valence-corrected chi connectivity index (χ0v) is 15.7. The van der Waals surface area contributed by atoms with Crippen molar-refractivity contribution in [3.63, 3.8) is 0 Å². The summed E-state index contributed by atoms with van der Waals surface area (Å²) in [5.41, 5.74) is 2.44. The minimum Gasteiger partial charge on any atom is -0.486 e. The van der Waals surface area contributed by atoms with Crippen molar-refractivity contribution in [2.24, 2.45) is 0 Å². The zero-order chi connectivity index (χ0) is 18.5. The second-order valence-corrected chi connectivity index (χ2v) is 7.34. The first-order valence-electron chi connectivity index (χ1n) is 8.60. The molecule has 0 unspecified atom stereocenters. The number of benzene rings is 2. The molecule has 0 saturated heterocycles.